The van der Waals surface area contributed by atoms with E-state index in [1.54, 1.807) is 38.6 Å². The van der Waals surface area contributed by atoms with Crippen LogP contribution in [0.25, 0.3) is 32.9 Å². The number of pyridine rings is 2. The summed E-state index contributed by atoms with van der Waals surface area (Å²) < 4.78 is 37.4. The number of hydrogen-bond acceptors (Lipinski definition) is 8. The second-order valence-electron chi connectivity index (χ2n) is 8.61. The van der Waals surface area contributed by atoms with Gasteiger partial charge in [0.2, 0.25) is 5.95 Å². The maximum Gasteiger partial charge on any atom is 0.586 e. The number of nitrogens with one attached hydrogen (secondary N) is 2. The molecule has 5 aromatic rings. The lowest BCUT2D eigenvalue weighted by Gasteiger charge is -2.15. The normalized spacial score (nSPS) is 13.8. The number of fused-ring (bicyclic) bond motifs is 3. The molecule has 9 nitrogen and oxygen atoms in total. The summed E-state index contributed by atoms with van der Waals surface area (Å²) in [6, 6.07) is 11.9. The SMILES string of the molecule is CNc1ncc2cc(-c3c(C)ccc4c(Nc5ccc6c(c5)OC(F)(F)O6)nccc34)c(=O)n(C)c2n1. The fourth-order valence-corrected chi connectivity index (χ4v) is 4.53. The van der Waals surface area contributed by atoms with Crippen LogP contribution in [-0.4, -0.2) is 32.9 Å². The van der Waals surface area contributed by atoms with Gasteiger partial charge in [-0.3, -0.25) is 9.36 Å². The van der Waals surface area contributed by atoms with E-state index >= 15 is 0 Å². The van der Waals surface area contributed by atoms with Gasteiger partial charge >= 0.3 is 6.29 Å². The van der Waals surface area contributed by atoms with Crippen LogP contribution in [-0.2, 0) is 7.05 Å². The monoisotopic (exact) mass is 502 g/mol. The molecule has 37 heavy (non-hydrogen) atoms. The molecule has 0 aliphatic carbocycles. The minimum atomic E-state index is -3.70. The van der Waals surface area contributed by atoms with E-state index in [1.165, 1.54) is 16.7 Å². The topological polar surface area (TPSA) is 103 Å². The lowest BCUT2D eigenvalue weighted by Crippen LogP contribution is -2.25. The van der Waals surface area contributed by atoms with Crippen molar-refractivity contribution < 1.29 is 18.3 Å². The van der Waals surface area contributed by atoms with Gasteiger partial charge in [0.25, 0.3) is 5.56 Å². The standard InChI is InChI=1S/C26H20F2N6O3/c1-13-4-6-17-16(21(13)18-10-14-12-31-25(29-2)33-23(14)34(3)24(18)35)8-9-30-22(17)32-15-5-7-19-20(11-15)37-26(27,28)36-19/h4-12H,1-3H3,(H,30,32)(H,29,31,33). The number of alkyl halides is 2. The Kier molecular flexibility index (Phi) is 4.97. The van der Waals surface area contributed by atoms with Gasteiger partial charge in [-0.05, 0) is 47.7 Å². The van der Waals surface area contributed by atoms with Crippen molar-refractivity contribution >= 4 is 39.3 Å². The van der Waals surface area contributed by atoms with Gasteiger partial charge in [-0.1, -0.05) is 12.1 Å². The van der Waals surface area contributed by atoms with Gasteiger partial charge in [0, 0.05) is 54.6 Å². The maximum absolute atomic E-state index is 13.5. The summed E-state index contributed by atoms with van der Waals surface area (Å²) in [6.45, 7) is 1.94. The van der Waals surface area contributed by atoms with E-state index in [0.29, 0.717) is 28.7 Å². The highest BCUT2D eigenvalue weighted by Crippen LogP contribution is 2.43. The quantitative estimate of drug-likeness (QED) is 0.356. The van der Waals surface area contributed by atoms with Crippen molar-refractivity contribution in [3.63, 3.8) is 0 Å². The second-order valence-corrected chi connectivity index (χ2v) is 8.61. The average molecular weight is 502 g/mol. The zero-order valence-electron chi connectivity index (χ0n) is 20.0. The molecule has 0 saturated carbocycles. The predicted octanol–water partition coefficient (Wildman–Crippen LogP) is 4.96. The highest BCUT2D eigenvalue weighted by atomic mass is 19.3. The number of aryl methyl sites for hydroxylation is 2. The summed E-state index contributed by atoms with van der Waals surface area (Å²) in [4.78, 5) is 26.6. The minimum Gasteiger partial charge on any atom is -0.395 e. The summed E-state index contributed by atoms with van der Waals surface area (Å²) in [5.74, 6) is 0.794. The van der Waals surface area contributed by atoms with Crippen LogP contribution in [0.15, 0.2) is 59.7 Å². The molecule has 0 amide bonds. The van der Waals surface area contributed by atoms with Crippen molar-refractivity contribution in [3.8, 4) is 22.6 Å². The Morgan fingerprint density at radius 3 is 2.62 bits per heavy atom. The first-order valence-corrected chi connectivity index (χ1v) is 11.3. The molecule has 0 fully saturated rings. The number of hydrogen-bond donors (Lipinski definition) is 2. The number of ether oxygens (including phenoxy) is 2. The third-order valence-electron chi connectivity index (χ3n) is 6.26. The van der Waals surface area contributed by atoms with E-state index in [-0.39, 0.29) is 17.1 Å². The van der Waals surface area contributed by atoms with Gasteiger partial charge in [0.15, 0.2) is 11.5 Å². The number of nitrogens with zero attached hydrogens (tertiary/aromatic N) is 4. The van der Waals surface area contributed by atoms with Gasteiger partial charge in [-0.2, -0.15) is 4.98 Å². The Balaban J connectivity index is 1.48. The molecular weight excluding hydrogens is 482 g/mol. The summed E-state index contributed by atoms with van der Waals surface area (Å²) >= 11 is 0. The Morgan fingerprint density at radius 1 is 1.00 bits per heavy atom. The van der Waals surface area contributed by atoms with Crippen LogP contribution in [0.2, 0.25) is 0 Å². The fraction of sp³-hybridized carbons (Fsp3) is 0.154. The Morgan fingerprint density at radius 2 is 1.81 bits per heavy atom. The molecule has 186 valence electrons. The van der Waals surface area contributed by atoms with Crippen LogP contribution >= 0.6 is 0 Å². The third kappa shape index (κ3) is 3.75. The zero-order chi connectivity index (χ0) is 25.9. The van der Waals surface area contributed by atoms with Crippen molar-refractivity contribution in [2.45, 2.75) is 13.2 Å². The molecule has 0 radical (unpaired) electrons. The summed E-state index contributed by atoms with van der Waals surface area (Å²) in [5, 5.41) is 8.32. The third-order valence-corrected chi connectivity index (χ3v) is 6.26. The van der Waals surface area contributed by atoms with E-state index in [9.17, 15) is 13.6 Å². The van der Waals surface area contributed by atoms with Crippen LogP contribution in [0.1, 0.15) is 5.56 Å². The predicted molar refractivity (Wildman–Crippen MR) is 136 cm³/mol. The second kappa shape index (κ2) is 8.12. The largest absolute Gasteiger partial charge is 0.586 e. The Hall–Kier alpha value is -4.80. The molecule has 1 aliphatic rings. The average Bonchev–Trinajstić information content (AvgIpc) is 3.19. The molecule has 0 atom stereocenters. The van der Waals surface area contributed by atoms with Crippen molar-refractivity contribution in [1.82, 2.24) is 19.5 Å². The lowest BCUT2D eigenvalue weighted by molar-refractivity contribution is -0.286. The molecule has 1 aliphatic heterocycles. The molecule has 4 heterocycles. The Bertz CT molecular complexity index is 1790. The number of anilines is 3. The summed E-state index contributed by atoms with van der Waals surface area (Å²) in [6.07, 6.45) is -0.394. The van der Waals surface area contributed by atoms with Crippen LogP contribution in [0.4, 0.5) is 26.2 Å². The van der Waals surface area contributed by atoms with Gasteiger partial charge < -0.3 is 20.1 Å². The number of rotatable bonds is 4. The molecular formula is C26H20F2N6O3. The number of aromatic nitrogens is 4. The molecule has 3 aromatic heterocycles. The maximum atomic E-state index is 13.5. The molecule has 0 spiro atoms. The van der Waals surface area contributed by atoms with Crippen LogP contribution in [0.5, 0.6) is 11.5 Å². The molecule has 2 aromatic carbocycles. The molecule has 2 N–H and O–H groups in total. The fourth-order valence-electron chi connectivity index (χ4n) is 4.53. The molecule has 11 heteroatoms. The van der Waals surface area contributed by atoms with Crippen LogP contribution in [0, 0.1) is 6.92 Å². The van der Waals surface area contributed by atoms with Gasteiger partial charge in [-0.25, -0.2) is 9.97 Å². The van der Waals surface area contributed by atoms with Crippen LogP contribution < -0.4 is 25.7 Å². The highest BCUT2D eigenvalue weighted by Gasteiger charge is 2.43. The first-order chi connectivity index (χ1) is 17.7. The lowest BCUT2D eigenvalue weighted by atomic mass is 9.94. The summed E-state index contributed by atoms with van der Waals surface area (Å²) in [5.41, 5.74) is 2.96. The summed E-state index contributed by atoms with van der Waals surface area (Å²) in [7, 11) is 3.39. The highest BCUT2D eigenvalue weighted by molar-refractivity contribution is 6.04. The van der Waals surface area contributed by atoms with E-state index in [4.69, 9.17) is 0 Å². The van der Waals surface area contributed by atoms with Crippen LogP contribution in [0.3, 0.4) is 0 Å². The molecule has 0 saturated heterocycles. The van der Waals surface area contributed by atoms with E-state index in [2.05, 4.69) is 35.1 Å². The zero-order valence-corrected chi connectivity index (χ0v) is 20.0. The minimum absolute atomic E-state index is 0.0442. The van der Waals surface area contributed by atoms with Crippen molar-refractivity contribution in [3.05, 3.63) is 70.8 Å². The van der Waals surface area contributed by atoms with Gasteiger partial charge in [0.1, 0.15) is 11.5 Å². The van der Waals surface area contributed by atoms with Gasteiger partial charge in [0.05, 0.1) is 0 Å². The molecule has 6 rings (SSSR count). The molecule has 0 bridgehead atoms. The first kappa shape index (κ1) is 22.7. The van der Waals surface area contributed by atoms with Crippen molar-refractivity contribution in [2.75, 3.05) is 17.7 Å². The van der Waals surface area contributed by atoms with Gasteiger partial charge in [-0.15, -0.1) is 8.78 Å². The van der Waals surface area contributed by atoms with Crippen molar-refractivity contribution in [2.24, 2.45) is 7.05 Å². The van der Waals surface area contributed by atoms with E-state index in [0.717, 1.165) is 27.3 Å². The van der Waals surface area contributed by atoms with Crippen molar-refractivity contribution in [1.29, 1.82) is 0 Å². The van der Waals surface area contributed by atoms with E-state index in [1.807, 2.05) is 25.1 Å². The first-order valence-electron chi connectivity index (χ1n) is 11.3. The smallest absolute Gasteiger partial charge is 0.395 e. The molecule has 0 unspecified atom stereocenters. The number of halogens is 2. The van der Waals surface area contributed by atoms with E-state index < -0.39 is 6.29 Å². The number of benzene rings is 2. The Labute approximate surface area is 208 Å².